The molecule has 0 radical (unpaired) electrons. The molecule has 4 rings (SSSR count). The molecule has 0 aliphatic carbocycles. The molecular weight excluding hydrogens is 342 g/mol. The van der Waals surface area contributed by atoms with E-state index in [1.807, 2.05) is 47.1 Å². The van der Waals surface area contributed by atoms with Crippen molar-refractivity contribution in [2.45, 2.75) is 19.3 Å². The van der Waals surface area contributed by atoms with E-state index < -0.39 is 0 Å². The van der Waals surface area contributed by atoms with E-state index in [0.717, 1.165) is 34.8 Å². The third-order valence-corrected chi connectivity index (χ3v) is 4.86. The summed E-state index contributed by atoms with van der Waals surface area (Å²) in [4.78, 5) is 16.7. The third kappa shape index (κ3) is 3.89. The van der Waals surface area contributed by atoms with Crippen molar-refractivity contribution in [3.8, 4) is 11.5 Å². The number of methoxy groups -OCH3 is 1. The highest BCUT2D eigenvalue weighted by molar-refractivity contribution is 5.76. The van der Waals surface area contributed by atoms with E-state index in [1.165, 1.54) is 0 Å². The fourth-order valence-electron chi connectivity index (χ4n) is 3.44. The summed E-state index contributed by atoms with van der Waals surface area (Å²) in [5, 5.41) is 3.03. The van der Waals surface area contributed by atoms with Crippen LogP contribution in [0.3, 0.4) is 0 Å². The van der Waals surface area contributed by atoms with Gasteiger partial charge in [0.2, 0.25) is 5.91 Å². The van der Waals surface area contributed by atoms with E-state index in [4.69, 9.17) is 9.47 Å². The summed E-state index contributed by atoms with van der Waals surface area (Å²) in [7, 11) is 1.65. The van der Waals surface area contributed by atoms with Crippen molar-refractivity contribution in [1.82, 2.24) is 14.7 Å². The molecule has 6 heteroatoms. The molecule has 27 heavy (non-hydrogen) atoms. The van der Waals surface area contributed by atoms with Crippen LogP contribution in [-0.4, -0.2) is 35.6 Å². The number of hydrogen-bond donors (Lipinski definition) is 1. The normalized spacial score (nSPS) is 15.8. The molecule has 1 amide bonds. The Morgan fingerprint density at radius 3 is 3.11 bits per heavy atom. The van der Waals surface area contributed by atoms with Gasteiger partial charge in [-0.25, -0.2) is 4.98 Å². The Labute approximate surface area is 158 Å². The van der Waals surface area contributed by atoms with Gasteiger partial charge in [0, 0.05) is 31.3 Å². The van der Waals surface area contributed by atoms with E-state index in [0.29, 0.717) is 26.0 Å². The molecule has 0 bridgehead atoms. The first-order chi connectivity index (χ1) is 13.2. The summed E-state index contributed by atoms with van der Waals surface area (Å²) in [6, 6.07) is 11.8. The number of carbonyl (C=O) groups excluding carboxylic acids is 1. The van der Waals surface area contributed by atoms with Crippen LogP contribution in [0.4, 0.5) is 0 Å². The Morgan fingerprint density at radius 1 is 1.33 bits per heavy atom. The standard InChI is InChI=1S/C21H23N3O3/c1-26-18-6-4-5-16-11-15(14-27-21(16)18)12-22-20(25)9-8-17-13-24-10-3-2-7-19(24)23-17/h2-7,10,13,15H,8-9,11-12,14H2,1H3,(H,22,25)/t15-/m1/s1. The summed E-state index contributed by atoms with van der Waals surface area (Å²) in [5.41, 5.74) is 2.96. The first-order valence-corrected chi connectivity index (χ1v) is 9.21. The van der Waals surface area contributed by atoms with Gasteiger partial charge in [0.1, 0.15) is 5.65 Å². The van der Waals surface area contributed by atoms with Crippen LogP contribution in [0.2, 0.25) is 0 Å². The molecule has 0 saturated heterocycles. The van der Waals surface area contributed by atoms with Gasteiger partial charge in [-0.3, -0.25) is 4.79 Å². The van der Waals surface area contributed by atoms with Gasteiger partial charge in [0.05, 0.1) is 19.4 Å². The number of nitrogens with one attached hydrogen (secondary N) is 1. The number of pyridine rings is 1. The van der Waals surface area contributed by atoms with Crippen LogP contribution in [0.5, 0.6) is 11.5 Å². The van der Waals surface area contributed by atoms with Crippen molar-refractivity contribution in [2.24, 2.45) is 5.92 Å². The van der Waals surface area contributed by atoms with Crippen LogP contribution < -0.4 is 14.8 Å². The average Bonchev–Trinajstić information content (AvgIpc) is 3.13. The number of para-hydroxylation sites is 1. The second-order valence-corrected chi connectivity index (χ2v) is 6.83. The highest BCUT2D eigenvalue weighted by atomic mass is 16.5. The van der Waals surface area contributed by atoms with E-state index in [1.54, 1.807) is 7.11 Å². The molecule has 0 fully saturated rings. The fraction of sp³-hybridized carbons (Fsp3) is 0.333. The highest BCUT2D eigenvalue weighted by Gasteiger charge is 2.23. The fourth-order valence-corrected chi connectivity index (χ4v) is 3.44. The Morgan fingerprint density at radius 2 is 2.26 bits per heavy atom. The zero-order valence-electron chi connectivity index (χ0n) is 15.4. The number of aromatic nitrogens is 2. The molecule has 1 N–H and O–H groups in total. The molecule has 0 saturated carbocycles. The molecule has 1 aromatic carbocycles. The van der Waals surface area contributed by atoms with Crippen molar-refractivity contribution in [3.05, 3.63) is 60.0 Å². The highest BCUT2D eigenvalue weighted by Crippen LogP contribution is 2.35. The molecule has 6 nitrogen and oxygen atoms in total. The molecule has 3 aromatic rings. The monoisotopic (exact) mass is 365 g/mol. The molecule has 0 spiro atoms. The van der Waals surface area contributed by atoms with Gasteiger partial charge in [-0.1, -0.05) is 18.2 Å². The first kappa shape index (κ1) is 17.4. The van der Waals surface area contributed by atoms with Crippen LogP contribution >= 0.6 is 0 Å². The number of amides is 1. The summed E-state index contributed by atoms with van der Waals surface area (Å²) in [6.07, 6.45) is 5.87. The number of hydrogen-bond acceptors (Lipinski definition) is 4. The van der Waals surface area contributed by atoms with Gasteiger partial charge >= 0.3 is 0 Å². The number of ether oxygens (including phenoxy) is 2. The Hall–Kier alpha value is -3.02. The maximum Gasteiger partial charge on any atom is 0.220 e. The van der Waals surface area contributed by atoms with Crippen molar-refractivity contribution < 1.29 is 14.3 Å². The number of nitrogens with zero attached hydrogens (tertiary/aromatic N) is 2. The molecule has 1 aliphatic heterocycles. The minimum atomic E-state index is 0.0449. The Bertz CT molecular complexity index is 918. The minimum absolute atomic E-state index is 0.0449. The van der Waals surface area contributed by atoms with E-state index in [9.17, 15) is 4.79 Å². The van der Waals surface area contributed by atoms with Crippen molar-refractivity contribution >= 4 is 11.6 Å². The van der Waals surface area contributed by atoms with Gasteiger partial charge in [-0.05, 0) is 36.6 Å². The Balaban J connectivity index is 1.27. The van der Waals surface area contributed by atoms with Gasteiger partial charge < -0.3 is 19.2 Å². The molecule has 3 heterocycles. The average molecular weight is 365 g/mol. The number of benzene rings is 1. The maximum atomic E-state index is 12.2. The molecule has 1 aliphatic rings. The van der Waals surface area contributed by atoms with Crippen molar-refractivity contribution in [1.29, 1.82) is 0 Å². The maximum absolute atomic E-state index is 12.2. The van der Waals surface area contributed by atoms with Crippen LogP contribution in [0.1, 0.15) is 17.7 Å². The number of rotatable bonds is 6. The lowest BCUT2D eigenvalue weighted by molar-refractivity contribution is -0.121. The van der Waals surface area contributed by atoms with Crippen LogP contribution in [0, 0.1) is 5.92 Å². The minimum Gasteiger partial charge on any atom is -0.493 e. The van der Waals surface area contributed by atoms with Crippen LogP contribution in [0.25, 0.3) is 5.65 Å². The lowest BCUT2D eigenvalue weighted by atomic mass is 9.96. The summed E-state index contributed by atoms with van der Waals surface area (Å²) >= 11 is 0. The largest absolute Gasteiger partial charge is 0.493 e. The van der Waals surface area contributed by atoms with Gasteiger partial charge in [-0.2, -0.15) is 0 Å². The van der Waals surface area contributed by atoms with Gasteiger partial charge in [0.15, 0.2) is 11.5 Å². The molecule has 140 valence electrons. The summed E-state index contributed by atoms with van der Waals surface area (Å²) in [6.45, 7) is 1.20. The molecule has 2 aromatic heterocycles. The number of fused-ring (bicyclic) bond motifs is 2. The van der Waals surface area contributed by atoms with Crippen LogP contribution in [0.15, 0.2) is 48.8 Å². The quantitative estimate of drug-likeness (QED) is 0.729. The van der Waals surface area contributed by atoms with Crippen molar-refractivity contribution in [3.63, 3.8) is 0 Å². The molecular formula is C21H23N3O3. The van der Waals surface area contributed by atoms with E-state index in [2.05, 4.69) is 16.4 Å². The topological polar surface area (TPSA) is 64.9 Å². The van der Waals surface area contributed by atoms with E-state index in [-0.39, 0.29) is 11.8 Å². The Kier molecular flexibility index (Phi) is 4.96. The van der Waals surface area contributed by atoms with Gasteiger partial charge in [-0.15, -0.1) is 0 Å². The van der Waals surface area contributed by atoms with Gasteiger partial charge in [0.25, 0.3) is 0 Å². The molecule has 1 atom stereocenters. The first-order valence-electron chi connectivity index (χ1n) is 9.21. The number of aryl methyl sites for hydroxylation is 1. The predicted octanol–water partition coefficient (Wildman–Crippen LogP) is 2.64. The van der Waals surface area contributed by atoms with Crippen LogP contribution in [-0.2, 0) is 17.6 Å². The third-order valence-electron chi connectivity index (χ3n) is 4.86. The lowest BCUT2D eigenvalue weighted by Gasteiger charge is -2.26. The van der Waals surface area contributed by atoms with Crippen molar-refractivity contribution in [2.75, 3.05) is 20.3 Å². The predicted molar refractivity (Wildman–Crippen MR) is 102 cm³/mol. The smallest absolute Gasteiger partial charge is 0.220 e. The number of imidazole rings is 1. The second kappa shape index (κ2) is 7.70. The SMILES string of the molecule is COc1cccc2c1OC[C@@H](CNC(=O)CCc1cn3ccccc3n1)C2. The molecule has 0 unspecified atom stereocenters. The lowest BCUT2D eigenvalue weighted by Crippen LogP contribution is -2.35. The van der Waals surface area contributed by atoms with E-state index >= 15 is 0 Å². The number of carbonyl (C=O) groups is 1. The zero-order valence-corrected chi connectivity index (χ0v) is 15.4. The zero-order chi connectivity index (χ0) is 18.6. The second-order valence-electron chi connectivity index (χ2n) is 6.83. The summed E-state index contributed by atoms with van der Waals surface area (Å²) < 4.78 is 13.2. The summed E-state index contributed by atoms with van der Waals surface area (Å²) in [5.74, 6) is 1.91.